The third-order valence-electron chi connectivity index (χ3n) is 2.01. The maximum Gasteiger partial charge on any atom is 0.501 e. The average molecular weight is 203 g/mol. The molecule has 68 valence electrons. The van der Waals surface area contributed by atoms with E-state index in [2.05, 4.69) is 0 Å². The summed E-state index contributed by atoms with van der Waals surface area (Å²) in [5.74, 6) is 0. The number of halogens is 1. The molecule has 4 heteroatoms. The van der Waals surface area contributed by atoms with E-state index in [1.54, 1.807) is 0 Å². The van der Waals surface area contributed by atoms with Crippen LogP contribution in [0.2, 0.25) is 4.55 Å². The third kappa shape index (κ3) is 4.87. The molecule has 0 radical (unpaired) electrons. The molecule has 1 aliphatic heterocycles. The van der Waals surface area contributed by atoms with Crippen molar-refractivity contribution in [3.8, 4) is 0 Å². The fourth-order valence-corrected chi connectivity index (χ4v) is 2.44. The van der Waals surface area contributed by atoms with E-state index in [-0.39, 0.29) is 25.6 Å². The number of rotatable bonds is 6. The SMILES string of the molecule is [Cl][Mg][CH2]CCCCC1OCCO1. The van der Waals surface area contributed by atoms with Gasteiger partial charge in [-0.15, -0.1) is 4.55 Å². The molecular weight excluding hydrogens is 188 g/mol. The Morgan fingerprint density at radius 1 is 1.17 bits per heavy atom. The summed E-state index contributed by atoms with van der Waals surface area (Å²) in [5, 5.41) is 0. The van der Waals surface area contributed by atoms with Crippen LogP contribution < -0.4 is 0 Å². The minimum Gasteiger partial charge on any atom is -0.350 e. The molecule has 1 saturated heterocycles. The van der Waals surface area contributed by atoms with E-state index in [4.69, 9.17) is 18.5 Å². The standard InChI is InChI=1S/C8H15O2.ClH.Mg/c1-2-3-4-5-8-9-6-7-10-8;;/h8H,1-7H2;1H;/q;;+1/p-1. The Morgan fingerprint density at radius 3 is 2.58 bits per heavy atom. The molecule has 1 heterocycles. The molecule has 0 spiro atoms. The maximum atomic E-state index is 5.70. The van der Waals surface area contributed by atoms with Crippen LogP contribution in [-0.4, -0.2) is 38.8 Å². The van der Waals surface area contributed by atoms with Crippen molar-refractivity contribution in [2.45, 2.75) is 36.5 Å². The first kappa shape index (κ1) is 11.1. The molecule has 0 aromatic rings. The van der Waals surface area contributed by atoms with Gasteiger partial charge in [0.05, 0.1) is 13.2 Å². The summed E-state index contributed by atoms with van der Waals surface area (Å²) in [6, 6.07) is 0. The molecule has 2 nitrogen and oxygen atoms in total. The second kappa shape index (κ2) is 7.39. The van der Waals surface area contributed by atoms with Gasteiger partial charge in [0.2, 0.25) is 0 Å². The van der Waals surface area contributed by atoms with Crippen molar-refractivity contribution in [2.75, 3.05) is 13.2 Å². The van der Waals surface area contributed by atoms with Gasteiger partial charge in [-0.2, -0.15) is 0 Å². The number of hydrogen-bond acceptors (Lipinski definition) is 2. The first-order chi connectivity index (χ1) is 5.93. The van der Waals surface area contributed by atoms with Gasteiger partial charge in [-0.25, -0.2) is 0 Å². The smallest absolute Gasteiger partial charge is 0.350 e. The Kier molecular flexibility index (Phi) is 6.80. The first-order valence-electron chi connectivity index (χ1n) is 4.72. The molecule has 0 unspecified atom stereocenters. The van der Waals surface area contributed by atoms with Crippen LogP contribution in [0.25, 0.3) is 0 Å². The van der Waals surface area contributed by atoms with Crippen molar-refractivity contribution in [2.24, 2.45) is 0 Å². The fourth-order valence-electron chi connectivity index (χ4n) is 1.33. The van der Waals surface area contributed by atoms with Crippen LogP contribution in [0.4, 0.5) is 0 Å². The van der Waals surface area contributed by atoms with Gasteiger partial charge >= 0.3 is 19.3 Å². The lowest BCUT2D eigenvalue weighted by Gasteiger charge is -2.07. The lowest BCUT2D eigenvalue weighted by atomic mass is 10.2. The highest BCUT2D eigenvalue weighted by atomic mass is 35.5. The molecule has 0 aromatic carbocycles. The molecule has 12 heavy (non-hydrogen) atoms. The minimum atomic E-state index is -0.222. The molecule has 0 amide bonds. The van der Waals surface area contributed by atoms with Gasteiger partial charge in [0.15, 0.2) is 6.29 Å². The Bertz CT molecular complexity index is 107. The molecule has 1 rings (SSSR count). The Labute approximate surface area is 87.4 Å². The van der Waals surface area contributed by atoms with Crippen molar-refractivity contribution in [1.82, 2.24) is 0 Å². The van der Waals surface area contributed by atoms with E-state index in [1.165, 1.54) is 23.8 Å². The van der Waals surface area contributed by atoms with Crippen LogP contribution in [0.15, 0.2) is 0 Å². The van der Waals surface area contributed by atoms with Gasteiger partial charge in [0.1, 0.15) is 0 Å². The first-order valence-corrected chi connectivity index (χ1v) is 7.86. The third-order valence-corrected chi connectivity index (χ3v) is 3.58. The maximum absolute atomic E-state index is 5.70. The zero-order chi connectivity index (χ0) is 8.65. The normalized spacial score (nSPS) is 18.1. The van der Waals surface area contributed by atoms with E-state index in [9.17, 15) is 0 Å². The van der Waals surface area contributed by atoms with Gasteiger partial charge in [-0.05, 0) is 12.8 Å². The summed E-state index contributed by atoms with van der Waals surface area (Å²) in [7, 11) is 5.70. The number of unbranched alkanes of at least 4 members (excludes halogenated alkanes) is 2. The van der Waals surface area contributed by atoms with Crippen molar-refractivity contribution >= 4 is 28.3 Å². The number of ether oxygens (including phenoxy) is 2. The minimum absolute atomic E-state index is 0.0956. The zero-order valence-corrected chi connectivity index (χ0v) is 9.60. The van der Waals surface area contributed by atoms with Crippen molar-refractivity contribution in [3.63, 3.8) is 0 Å². The fraction of sp³-hybridized carbons (Fsp3) is 1.00. The quantitative estimate of drug-likeness (QED) is 0.486. The van der Waals surface area contributed by atoms with Gasteiger partial charge in [0.25, 0.3) is 0 Å². The molecule has 0 N–H and O–H groups in total. The highest BCUT2D eigenvalue weighted by Gasteiger charge is 2.14. The summed E-state index contributed by atoms with van der Waals surface area (Å²) >= 11 is -0.222. The van der Waals surface area contributed by atoms with E-state index >= 15 is 0 Å². The van der Waals surface area contributed by atoms with E-state index in [0.717, 1.165) is 19.6 Å². The van der Waals surface area contributed by atoms with Gasteiger partial charge in [-0.1, -0.05) is 12.8 Å². The van der Waals surface area contributed by atoms with E-state index in [1.807, 2.05) is 0 Å². The largest absolute Gasteiger partial charge is 0.501 e. The molecule has 0 bridgehead atoms. The molecule has 1 aliphatic rings. The molecule has 0 aliphatic carbocycles. The Morgan fingerprint density at radius 2 is 1.92 bits per heavy atom. The lowest BCUT2D eigenvalue weighted by molar-refractivity contribution is -0.0479. The average Bonchev–Trinajstić information content (AvgIpc) is 2.57. The molecule has 0 saturated carbocycles. The molecular formula is C8H15ClMgO2. The van der Waals surface area contributed by atoms with E-state index < -0.39 is 0 Å². The van der Waals surface area contributed by atoms with Gasteiger partial charge in [0, 0.05) is 0 Å². The predicted octanol–water partition coefficient (Wildman–Crippen LogP) is 2.20. The summed E-state index contributed by atoms with van der Waals surface area (Å²) in [5.41, 5.74) is 0. The molecule has 0 aromatic heterocycles. The van der Waals surface area contributed by atoms with Crippen molar-refractivity contribution in [1.29, 1.82) is 0 Å². The molecule has 0 atom stereocenters. The van der Waals surface area contributed by atoms with Crippen LogP contribution in [-0.2, 0) is 9.47 Å². The second-order valence-electron chi connectivity index (χ2n) is 3.06. The summed E-state index contributed by atoms with van der Waals surface area (Å²) < 4.78 is 11.9. The highest BCUT2D eigenvalue weighted by molar-refractivity contribution is 6.93. The van der Waals surface area contributed by atoms with Gasteiger partial charge < -0.3 is 18.5 Å². The topological polar surface area (TPSA) is 18.5 Å². The predicted molar refractivity (Wildman–Crippen MR) is 50.6 cm³/mol. The summed E-state index contributed by atoms with van der Waals surface area (Å²) in [4.78, 5) is 0. The Hall–Kier alpha value is 0.976. The van der Waals surface area contributed by atoms with Gasteiger partial charge in [-0.3, -0.25) is 0 Å². The molecule has 1 fully saturated rings. The van der Waals surface area contributed by atoms with Crippen LogP contribution in [0, 0.1) is 0 Å². The monoisotopic (exact) mass is 202 g/mol. The zero-order valence-electron chi connectivity index (χ0n) is 7.43. The van der Waals surface area contributed by atoms with E-state index in [0.29, 0.717) is 0 Å². The Balaban J connectivity index is 1.81. The summed E-state index contributed by atoms with van der Waals surface area (Å²) in [6.07, 6.45) is 4.95. The highest BCUT2D eigenvalue weighted by Crippen LogP contribution is 2.13. The number of hydrogen-bond donors (Lipinski definition) is 0. The van der Waals surface area contributed by atoms with Crippen LogP contribution in [0.5, 0.6) is 0 Å². The lowest BCUT2D eigenvalue weighted by Crippen LogP contribution is -2.06. The van der Waals surface area contributed by atoms with Crippen molar-refractivity contribution < 1.29 is 9.47 Å². The van der Waals surface area contributed by atoms with Crippen LogP contribution in [0.1, 0.15) is 25.7 Å². The van der Waals surface area contributed by atoms with Crippen LogP contribution in [0.3, 0.4) is 0 Å². The summed E-state index contributed by atoms with van der Waals surface area (Å²) in [6.45, 7) is 1.55. The van der Waals surface area contributed by atoms with Crippen molar-refractivity contribution in [3.05, 3.63) is 0 Å². The van der Waals surface area contributed by atoms with Crippen LogP contribution >= 0.6 is 9.07 Å². The second-order valence-corrected chi connectivity index (χ2v) is 5.28.